The van der Waals surface area contributed by atoms with E-state index in [4.69, 9.17) is 16.3 Å². The van der Waals surface area contributed by atoms with E-state index in [0.717, 1.165) is 28.3 Å². The zero-order valence-corrected chi connectivity index (χ0v) is 21.6. The van der Waals surface area contributed by atoms with Gasteiger partial charge in [-0.05, 0) is 66.2 Å². The summed E-state index contributed by atoms with van der Waals surface area (Å²) in [6.45, 7) is 0. The molecule has 1 heterocycles. The summed E-state index contributed by atoms with van der Waals surface area (Å²) in [4.78, 5) is 14.5. The lowest BCUT2D eigenvalue weighted by atomic mass is 10.2. The molecule has 4 aromatic rings. The number of rotatable bonds is 9. The van der Waals surface area contributed by atoms with Crippen molar-refractivity contribution >= 4 is 41.2 Å². The van der Waals surface area contributed by atoms with Crippen molar-refractivity contribution in [2.24, 2.45) is 5.10 Å². The molecule has 0 unspecified atom stereocenters. The van der Waals surface area contributed by atoms with Crippen LogP contribution < -0.4 is 15.1 Å². The van der Waals surface area contributed by atoms with E-state index < -0.39 is 0 Å². The van der Waals surface area contributed by atoms with Crippen LogP contribution in [-0.2, 0) is 4.79 Å². The summed E-state index contributed by atoms with van der Waals surface area (Å²) < 4.78 is 7.15. The Bertz CT molecular complexity index is 1340. The van der Waals surface area contributed by atoms with E-state index >= 15 is 0 Å². The van der Waals surface area contributed by atoms with Crippen molar-refractivity contribution in [2.45, 2.75) is 5.16 Å². The third-order valence-corrected chi connectivity index (χ3v) is 6.39. The maximum Gasteiger partial charge on any atom is 0.250 e. The Morgan fingerprint density at radius 3 is 2.39 bits per heavy atom. The summed E-state index contributed by atoms with van der Waals surface area (Å²) in [5, 5.41) is 14.0. The highest BCUT2D eigenvalue weighted by molar-refractivity contribution is 7.99. The van der Waals surface area contributed by atoms with Crippen LogP contribution in [0.5, 0.6) is 5.75 Å². The standard InChI is InChI=1S/C26H25ClN6O2S/c1-32(2)21-10-4-18(5-11-21)16-28-29-24(34)17-36-26-31-30-25(19-6-14-23(35-3)15-7-19)33(26)22-12-8-20(27)9-13-22/h4-16H,17H2,1-3H3,(H,29,34)/b28-16-. The summed E-state index contributed by atoms with van der Waals surface area (Å²) >= 11 is 7.36. The van der Waals surface area contributed by atoms with Crippen molar-refractivity contribution in [3.63, 3.8) is 0 Å². The number of benzene rings is 3. The van der Waals surface area contributed by atoms with Crippen molar-refractivity contribution in [1.82, 2.24) is 20.2 Å². The highest BCUT2D eigenvalue weighted by Gasteiger charge is 2.17. The lowest BCUT2D eigenvalue weighted by Gasteiger charge is -2.11. The third kappa shape index (κ3) is 6.24. The van der Waals surface area contributed by atoms with Crippen molar-refractivity contribution in [3.8, 4) is 22.8 Å². The number of carbonyl (C=O) groups is 1. The van der Waals surface area contributed by atoms with Gasteiger partial charge in [-0.3, -0.25) is 9.36 Å². The second-order valence-corrected chi connectivity index (χ2v) is 9.29. The summed E-state index contributed by atoms with van der Waals surface area (Å²) in [7, 11) is 5.58. The molecule has 0 saturated heterocycles. The van der Waals surface area contributed by atoms with Crippen LogP contribution in [-0.4, -0.2) is 53.8 Å². The molecule has 0 aliphatic rings. The first-order valence-electron chi connectivity index (χ1n) is 11.0. The van der Waals surface area contributed by atoms with E-state index in [1.807, 2.05) is 84.2 Å². The second kappa shape index (κ2) is 11.7. The Morgan fingerprint density at radius 1 is 1.06 bits per heavy atom. The van der Waals surface area contributed by atoms with E-state index in [-0.39, 0.29) is 11.7 Å². The van der Waals surface area contributed by atoms with Crippen LogP contribution in [0.1, 0.15) is 5.56 Å². The summed E-state index contributed by atoms with van der Waals surface area (Å²) in [5.41, 5.74) is 6.24. The molecule has 0 radical (unpaired) electrons. The normalized spacial score (nSPS) is 11.0. The summed E-state index contributed by atoms with van der Waals surface area (Å²) in [6, 6.07) is 22.8. The van der Waals surface area contributed by atoms with Crippen LogP contribution in [0.25, 0.3) is 17.1 Å². The van der Waals surface area contributed by atoms with E-state index in [0.29, 0.717) is 16.0 Å². The first kappa shape index (κ1) is 25.3. The van der Waals surface area contributed by atoms with Crippen molar-refractivity contribution in [3.05, 3.63) is 83.4 Å². The van der Waals surface area contributed by atoms with Crippen LogP contribution in [0.4, 0.5) is 5.69 Å². The molecule has 0 fully saturated rings. The Kier molecular flexibility index (Phi) is 8.24. The van der Waals surface area contributed by atoms with E-state index in [1.165, 1.54) is 11.8 Å². The number of ether oxygens (including phenoxy) is 1. The number of hydrogen-bond acceptors (Lipinski definition) is 7. The van der Waals surface area contributed by atoms with Gasteiger partial charge in [-0.1, -0.05) is 35.5 Å². The quantitative estimate of drug-likeness (QED) is 0.192. The SMILES string of the molecule is COc1ccc(-c2nnc(SCC(=O)N/N=C\c3ccc(N(C)C)cc3)n2-c2ccc(Cl)cc2)cc1. The molecule has 1 aromatic heterocycles. The van der Waals surface area contributed by atoms with Gasteiger partial charge in [-0.15, -0.1) is 10.2 Å². The number of carbonyl (C=O) groups excluding carboxylic acids is 1. The zero-order chi connectivity index (χ0) is 25.5. The number of thioether (sulfide) groups is 1. The average Bonchev–Trinajstić information content (AvgIpc) is 3.32. The van der Waals surface area contributed by atoms with Gasteiger partial charge < -0.3 is 9.64 Å². The summed E-state index contributed by atoms with van der Waals surface area (Å²) in [6.07, 6.45) is 1.61. The molecule has 36 heavy (non-hydrogen) atoms. The molecule has 184 valence electrons. The predicted octanol–water partition coefficient (Wildman–Crippen LogP) is 4.90. The number of aromatic nitrogens is 3. The molecule has 0 aliphatic carbocycles. The highest BCUT2D eigenvalue weighted by Crippen LogP contribution is 2.29. The number of amides is 1. The van der Waals surface area contributed by atoms with Gasteiger partial charge in [0.25, 0.3) is 5.91 Å². The summed E-state index contributed by atoms with van der Waals surface area (Å²) in [5.74, 6) is 1.25. The first-order valence-corrected chi connectivity index (χ1v) is 12.4. The van der Waals surface area contributed by atoms with Gasteiger partial charge in [0.05, 0.1) is 19.1 Å². The molecule has 0 bridgehead atoms. The van der Waals surface area contributed by atoms with Crippen molar-refractivity contribution < 1.29 is 9.53 Å². The number of hydrazone groups is 1. The van der Waals surface area contributed by atoms with Gasteiger partial charge in [0, 0.05) is 36.1 Å². The molecule has 1 amide bonds. The molecule has 4 rings (SSSR count). The molecule has 0 atom stereocenters. The number of anilines is 1. The van der Waals surface area contributed by atoms with Gasteiger partial charge in [-0.25, -0.2) is 5.43 Å². The second-order valence-electron chi connectivity index (χ2n) is 7.91. The van der Waals surface area contributed by atoms with Crippen LogP contribution in [0.2, 0.25) is 5.02 Å². The molecule has 8 nitrogen and oxygen atoms in total. The van der Waals surface area contributed by atoms with Gasteiger partial charge in [0.1, 0.15) is 5.75 Å². The lowest BCUT2D eigenvalue weighted by Crippen LogP contribution is -2.20. The Balaban J connectivity index is 1.47. The van der Waals surface area contributed by atoms with Crippen LogP contribution in [0.3, 0.4) is 0 Å². The molecule has 1 N–H and O–H groups in total. The van der Waals surface area contributed by atoms with Crippen LogP contribution in [0, 0.1) is 0 Å². The number of halogens is 1. The Morgan fingerprint density at radius 2 is 1.75 bits per heavy atom. The van der Waals surface area contributed by atoms with Crippen LogP contribution >= 0.6 is 23.4 Å². The van der Waals surface area contributed by atoms with Crippen molar-refractivity contribution in [1.29, 1.82) is 0 Å². The first-order chi connectivity index (χ1) is 17.4. The number of nitrogens with one attached hydrogen (secondary N) is 1. The zero-order valence-electron chi connectivity index (χ0n) is 20.1. The largest absolute Gasteiger partial charge is 0.497 e. The Hall–Kier alpha value is -3.82. The van der Waals surface area contributed by atoms with Crippen LogP contribution in [0.15, 0.2) is 83.1 Å². The van der Waals surface area contributed by atoms with Gasteiger partial charge in [0.15, 0.2) is 11.0 Å². The minimum atomic E-state index is -0.252. The smallest absolute Gasteiger partial charge is 0.250 e. The van der Waals surface area contributed by atoms with Gasteiger partial charge in [-0.2, -0.15) is 5.10 Å². The number of hydrogen-bond donors (Lipinski definition) is 1. The lowest BCUT2D eigenvalue weighted by molar-refractivity contribution is -0.118. The van der Waals surface area contributed by atoms with E-state index in [1.54, 1.807) is 25.5 Å². The number of nitrogens with zero attached hydrogens (tertiary/aromatic N) is 5. The average molecular weight is 521 g/mol. The minimum absolute atomic E-state index is 0.116. The molecule has 0 saturated carbocycles. The monoisotopic (exact) mass is 520 g/mol. The maximum absolute atomic E-state index is 12.4. The van der Waals surface area contributed by atoms with Gasteiger partial charge in [0.2, 0.25) is 0 Å². The molecule has 3 aromatic carbocycles. The Labute approximate surface area is 218 Å². The fourth-order valence-corrected chi connectivity index (χ4v) is 4.18. The van der Waals surface area contributed by atoms with Gasteiger partial charge >= 0.3 is 0 Å². The predicted molar refractivity (Wildman–Crippen MR) is 146 cm³/mol. The molecular formula is C26H25ClN6O2S. The molecular weight excluding hydrogens is 496 g/mol. The molecule has 10 heteroatoms. The minimum Gasteiger partial charge on any atom is -0.497 e. The fraction of sp³-hybridized carbons (Fsp3) is 0.154. The highest BCUT2D eigenvalue weighted by atomic mass is 35.5. The van der Waals surface area contributed by atoms with E-state index in [9.17, 15) is 4.79 Å². The molecule has 0 spiro atoms. The van der Waals surface area contributed by atoms with E-state index in [2.05, 4.69) is 20.7 Å². The van der Waals surface area contributed by atoms with Crippen molar-refractivity contribution in [2.75, 3.05) is 31.9 Å². The third-order valence-electron chi connectivity index (χ3n) is 5.21. The maximum atomic E-state index is 12.4. The topological polar surface area (TPSA) is 84.6 Å². The fourth-order valence-electron chi connectivity index (χ4n) is 3.31. The molecule has 0 aliphatic heterocycles. The number of methoxy groups -OCH3 is 1.